The van der Waals surface area contributed by atoms with Gasteiger partial charge >= 0.3 is 0 Å². The van der Waals surface area contributed by atoms with E-state index in [9.17, 15) is 4.79 Å². The van der Waals surface area contributed by atoms with Crippen LogP contribution in [0.1, 0.15) is 35.3 Å². The molecule has 0 aliphatic carbocycles. The van der Waals surface area contributed by atoms with Crippen molar-refractivity contribution in [1.29, 1.82) is 0 Å². The zero-order chi connectivity index (χ0) is 22.0. The summed E-state index contributed by atoms with van der Waals surface area (Å²) < 4.78 is 9.75. The van der Waals surface area contributed by atoms with Crippen LogP contribution in [0.3, 0.4) is 0 Å². The topological polar surface area (TPSA) is 65.2 Å². The predicted molar refractivity (Wildman–Crippen MR) is 125 cm³/mol. The summed E-state index contributed by atoms with van der Waals surface area (Å²) in [5.41, 5.74) is 3.23. The number of likely N-dealkylation sites (tertiary alicyclic amines) is 1. The van der Waals surface area contributed by atoms with Crippen LogP contribution in [0.25, 0.3) is 16.7 Å². The minimum Gasteiger partial charge on any atom is -0.361 e. The monoisotopic (exact) mass is 439 g/mol. The number of rotatable bonds is 7. The van der Waals surface area contributed by atoms with E-state index in [1.807, 2.05) is 45.6 Å². The Bertz CT molecular complexity index is 1060. The number of aromatic nitrogens is 4. The normalized spacial score (nSPS) is 15.0. The number of carbonyl (C=O) groups excluding carboxylic acids is 1. The van der Waals surface area contributed by atoms with Gasteiger partial charge in [-0.25, -0.2) is 9.67 Å². The van der Waals surface area contributed by atoms with E-state index in [1.165, 1.54) is 6.42 Å². The molecule has 1 saturated heterocycles. The lowest BCUT2D eigenvalue weighted by atomic mass is 10.1. The molecule has 7 nitrogen and oxygen atoms in total. The molecule has 0 aromatic carbocycles. The van der Waals surface area contributed by atoms with Gasteiger partial charge in [-0.15, -0.1) is 0 Å². The summed E-state index contributed by atoms with van der Waals surface area (Å²) in [6.07, 6.45) is 9.03. The predicted octanol–water partition coefficient (Wildman–Crippen LogP) is 4.47. The number of ether oxygens (including phenoxy) is 1. The van der Waals surface area contributed by atoms with Crippen molar-refractivity contribution < 1.29 is 9.53 Å². The molecule has 3 aromatic heterocycles. The Labute approximate surface area is 185 Å². The Kier molecular flexibility index (Phi) is 6.29. The number of nitrogens with zero attached hydrogens (tertiary/aromatic N) is 5. The number of fused-ring (bicyclic) bond motifs is 1. The van der Waals surface area contributed by atoms with Gasteiger partial charge in [0.2, 0.25) is 0 Å². The quantitative estimate of drug-likeness (QED) is 0.402. The second-order valence-electron chi connectivity index (χ2n) is 9.63. The van der Waals surface area contributed by atoms with Crippen LogP contribution in [-0.2, 0) is 11.5 Å². The van der Waals surface area contributed by atoms with Gasteiger partial charge in [0.15, 0.2) is 0 Å². The Morgan fingerprint density at radius 1 is 1.16 bits per heavy atom. The highest BCUT2D eigenvalue weighted by Gasteiger charge is 2.22. The van der Waals surface area contributed by atoms with Crippen LogP contribution in [0.5, 0.6) is 0 Å². The van der Waals surface area contributed by atoms with Crippen molar-refractivity contribution in [3.05, 3.63) is 42.0 Å². The molecule has 4 rings (SSSR count). The van der Waals surface area contributed by atoms with E-state index < -0.39 is 8.07 Å². The van der Waals surface area contributed by atoms with Crippen LogP contribution in [0, 0.1) is 6.92 Å². The standard InChI is InChI=1S/C23H33N5O2Si/c1-18-20(23(29)26-11-6-5-7-12-26)16-28(25-18)21-8-10-24-22-19(21)9-13-27(22)17-30-14-15-31(2,3)4/h8-10,13,16H,5-7,11-12,14-15,17H2,1-4H3. The van der Waals surface area contributed by atoms with Gasteiger partial charge in [0.25, 0.3) is 5.91 Å². The molecule has 0 radical (unpaired) electrons. The van der Waals surface area contributed by atoms with Gasteiger partial charge in [-0.05, 0) is 44.4 Å². The number of aryl methyl sites for hydroxylation is 1. The summed E-state index contributed by atoms with van der Waals surface area (Å²) in [5, 5.41) is 5.66. The Morgan fingerprint density at radius 3 is 2.68 bits per heavy atom. The summed E-state index contributed by atoms with van der Waals surface area (Å²) in [7, 11) is -1.10. The lowest BCUT2D eigenvalue weighted by Gasteiger charge is -2.26. The molecule has 1 aliphatic heterocycles. The van der Waals surface area contributed by atoms with Crippen molar-refractivity contribution in [2.45, 2.75) is 58.6 Å². The molecular formula is C23H33N5O2Si. The second-order valence-corrected chi connectivity index (χ2v) is 15.2. The van der Waals surface area contributed by atoms with Crippen molar-refractivity contribution in [1.82, 2.24) is 24.2 Å². The maximum absolute atomic E-state index is 13.0. The van der Waals surface area contributed by atoms with E-state index in [4.69, 9.17) is 4.74 Å². The van der Waals surface area contributed by atoms with Crippen LogP contribution in [0.4, 0.5) is 0 Å². The first kappa shape index (κ1) is 21.8. The Morgan fingerprint density at radius 2 is 1.94 bits per heavy atom. The Balaban J connectivity index is 1.55. The van der Waals surface area contributed by atoms with Crippen molar-refractivity contribution in [3.8, 4) is 5.69 Å². The molecule has 0 unspecified atom stereocenters. The fourth-order valence-electron chi connectivity index (χ4n) is 3.98. The smallest absolute Gasteiger partial charge is 0.257 e. The molecule has 1 aliphatic rings. The third-order valence-electron chi connectivity index (χ3n) is 5.89. The van der Waals surface area contributed by atoms with Crippen LogP contribution >= 0.6 is 0 Å². The zero-order valence-corrected chi connectivity index (χ0v) is 20.1. The molecule has 4 heterocycles. The van der Waals surface area contributed by atoms with Gasteiger partial charge in [-0.2, -0.15) is 5.10 Å². The first-order chi connectivity index (χ1) is 14.8. The first-order valence-corrected chi connectivity index (χ1v) is 14.9. The van der Waals surface area contributed by atoms with Crippen molar-refractivity contribution in [2.24, 2.45) is 0 Å². The highest BCUT2D eigenvalue weighted by atomic mass is 28.3. The average Bonchev–Trinajstić information content (AvgIpc) is 3.34. The number of hydrogen-bond acceptors (Lipinski definition) is 4. The molecule has 166 valence electrons. The highest BCUT2D eigenvalue weighted by Crippen LogP contribution is 2.24. The molecule has 31 heavy (non-hydrogen) atoms. The molecule has 0 atom stereocenters. The van der Waals surface area contributed by atoms with Gasteiger partial charge in [-0.3, -0.25) is 4.79 Å². The average molecular weight is 440 g/mol. The minimum atomic E-state index is -1.10. The largest absolute Gasteiger partial charge is 0.361 e. The fourth-order valence-corrected chi connectivity index (χ4v) is 4.74. The molecule has 1 amide bonds. The van der Waals surface area contributed by atoms with Crippen molar-refractivity contribution in [2.75, 3.05) is 19.7 Å². The summed E-state index contributed by atoms with van der Waals surface area (Å²) in [6, 6.07) is 5.13. The second kappa shape index (κ2) is 8.96. The summed E-state index contributed by atoms with van der Waals surface area (Å²) in [4.78, 5) is 19.5. The number of amides is 1. The van der Waals surface area contributed by atoms with E-state index in [2.05, 4.69) is 29.7 Å². The highest BCUT2D eigenvalue weighted by molar-refractivity contribution is 6.76. The molecule has 0 N–H and O–H groups in total. The fraction of sp³-hybridized carbons (Fsp3) is 0.522. The van der Waals surface area contributed by atoms with Crippen molar-refractivity contribution >= 4 is 25.0 Å². The molecule has 0 bridgehead atoms. The van der Waals surface area contributed by atoms with Crippen LogP contribution in [0.2, 0.25) is 25.7 Å². The molecule has 3 aromatic rings. The van der Waals surface area contributed by atoms with Crippen LogP contribution < -0.4 is 0 Å². The van der Waals surface area contributed by atoms with Gasteiger partial charge in [0, 0.05) is 51.7 Å². The SMILES string of the molecule is Cc1nn(-c2ccnc3c2ccn3COCC[Si](C)(C)C)cc1C(=O)N1CCCCC1. The van der Waals surface area contributed by atoms with Crippen molar-refractivity contribution in [3.63, 3.8) is 0 Å². The third-order valence-corrected chi connectivity index (χ3v) is 7.59. The van der Waals surface area contributed by atoms with E-state index in [-0.39, 0.29) is 5.91 Å². The lowest BCUT2D eigenvalue weighted by Crippen LogP contribution is -2.35. The molecule has 1 fully saturated rings. The summed E-state index contributed by atoms with van der Waals surface area (Å²) in [6.45, 7) is 11.9. The van der Waals surface area contributed by atoms with Gasteiger partial charge in [-0.1, -0.05) is 19.6 Å². The number of hydrogen-bond donors (Lipinski definition) is 0. The van der Waals surface area contributed by atoms with E-state index in [0.717, 1.165) is 61.0 Å². The summed E-state index contributed by atoms with van der Waals surface area (Å²) in [5.74, 6) is 0.0853. The molecule has 0 spiro atoms. The van der Waals surface area contributed by atoms with Gasteiger partial charge < -0.3 is 14.2 Å². The zero-order valence-electron chi connectivity index (χ0n) is 19.1. The minimum absolute atomic E-state index is 0.0853. The van der Waals surface area contributed by atoms with E-state index in [1.54, 1.807) is 6.20 Å². The third kappa shape index (κ3) is 4.90. The maximum atomic E-state index is 13.0. The molecule has 0 saturated carbocycles. The first-order valence-electron chi connectivity index (χ1n) is 11.2. The van der Waals surface area contributed by atoms with Gasteiger partial charge in [0.1, 0.15) is 12.4 Å². The van der Waals surface area contributed by atoms with Crippen LogP contribution in [-0.4, -0.2) is 57.9 Å². The lowest BCUT2D eigenvalue weighted by molar-refractivity contribution is 0.0723. The number of carbonyl (C=O) groups is 1. The Hall–Kier alpha value is -2.45. The van der Waals surface area contributed by atoms with Gasteiger partial charge in [0.05, 0.1) is 16.9 Å². The molecular weight excluding hydrogens is 406 g/mol. The number of pyridine rings is 1. The van der Waals surface area contributed by atoms with E-state index in [0.29, 0.717) is 12.3 Å². The number of piperidine rings is 1. The van der Waals surface area contributed by atoms with E-state index >= 15 is 0 Å². The summed E-state index contributed by atoms with van der Waals surface area (Å²) >= 11 is 0. The molecule has 8 heteroatoms. The van der Waals surface area contributed by atoms with Crippen LogP contribution in [0.15, 0.2) is 30.7 Å². The maximum Gasteiger partial charge on any atom is 0.257 e.